The highest BCUT2D eigenvalue weighted by Gasteiger charge is 2.53. The van der Waals surface area contributed by atoms with Gasteiger partial charge in [-0.2, -0.15) is 0 Å². The predicted octanol–water partition coefficient (Wildman–Crippen LogP) is 4.97. The van der Waals surface area contributed by atoms with E-state index in [0.717, 1.165) is 37.1 Å². The van der Waals surface area contributed by atoms with E-state index < -0.39 is 0 Å². The predicted molar refractivity (Wildman–Crippen MR) is 118 cm³/mol. The second-order valence-electron chi connectivity index (χ2n) is 7.96. The van der Waals surface area contributed by atoms with Gasteiger partial charge in [-0.3, -0.25) is 4.79 Å². The minimum absolute atomic E-state index is 0.0757. The number of hydrogen-bond donors (Lipinski definition) is 1. The molecule has 5 heteroatoms. The van der Waals surface area contributed by atoms with E-state index in [2.05, 4.69) is 36.0 Å². The lowest BCUT2D eigenvalue weighted by atomic mass is 9.63. The maximum absolute atomic E-state index is 12.6. The Bertz CT molecular complexity index is 940. The first-order valence-corrected chi connectivity index (χ1v) is 10.5. The maximum Gasteiger partial charge on any atom is 0.251 e. The fourth-order valence-electron chi connectivity index (χ4n) is 5.23. The van der Waals surface area contributed by atoms with E-state index in [1.165, 1.54) is 11.1 Å². The Balaban J connectivity index is 1.61. The van der Waals surface area contributed by atoms with Crippen LogP contribution in [0.4, 0.5) is 5.69 Å². The molecule has 0 spiro atoms. The number of amides is 1. The highest BCUT2D eigenvalue weighted by molar-refractivity contribution is 6.30. The Hall–Kier alpha value is -2.46. The van der Waals surface area contributed by atoms with Crippen molar-refractivity contribution in [2.75, 3.05) is 25.6 Å². The van der Waals surface area contributed by atoms with Crippen molar-refractivity contribution in [2.24, 2.45) is 0 Å². The summed E-state index contributed by atoms with van der Waals surface area (Å²) < 4.78 is 5.67. The molecule has 1 amide bonds. The molecule has 1 saturated carbocycles. The summed E-state index contributed by atoms with van der Waals surface area (Å²) in [6.45, 7) is 5.07. The Morgan fingerprint density at radius 1 is 1.31 bits per heavy atom. The molecule has 4 nitrogen and oxygen atoms in total. The van der Waals surface area contributed by atoms with E-state index in [-0.39, 0.29) is 11.3 Å². The largest absolute Gasteiger partial charge is 0.495 e. The Morgan fingerprint density at radius 3 is 2.79 bits per heavy atom. The van der Waals surface area contributed by atoms with Gasteiger partial charge in [0.15, 0.2) is 0 Å². The van der Waals surface area contributed by atoms with Gasteiger partial charge >= 0.3 is 0 Å². The lowest BCUT2D eigenvalue weighted by Crippen LogP contribution is -2.48. The normalized spacial score (nSPS) is 22.8. The lowest BCUT2D eigenvalue weighted by Gasteiger charge is -2.44. The molecule has 0 bridgehead atoms. The summed E-state index contributed by atoms with van der Waals surface area (Å²) in [5.74, 6) is 0.824. The van der Waals surface area contributed by atoms with Crippen molar-refractivity contribution in [3.05, 3.63) is 70.8 Å². The van der Waals surface area contributed by atoms with Gasteiger partial charge < -0.3 is 15.0 Å². The van der Waals surface area contributed by atoms with Crippen molar-refractivity contribution in [1.29, 1.82) is 0 Å². The number of halogens is 1. The third-order valence-corrected chi connectivity index (χ3v) is 6.84. The first kappa shape index (κ1) is 19.8. The van der Waals surface area contributed by atoms with Crippen molar-refractivity contribution in [3.8, 4) is 5.75 Å². The number of carbonyl (C=O) groups excluding carboxylic acids is 1. The third kappa shape index (κ3) is 3.20. The van der Waals surface area contributed by atoms with Crippen LogP contribution in [0, 0.1) is 0 Å². The number of fused-ring (bicyclic) bond motifs is 3. The number of para-hydroxylation sites is 1. The molecule has 1 fully saturated rings. The summed E-state index contributed by atoms with van der Waals surface area (Å²) in [4.78, 5) is 14.9. The molecule has 2 atom stereocenters. The van der Waals surface area contributed by atoms with Gasteiger partial charge in [-0.1, -0.05) is 35.9 Å². The van der Waals surface area contributed by atoms with E-state index >= 15 is 0 Å². The highest BCUT2D eigenvalue weighted by atomic mass is 35.5. The highest BCUT2D eigenvalue weighted by Crippen LogP contribution is 2.57. The molecule has 0 radical (unpaired) electrons. The molecule has 29 heavy (non-hydrogen) atoms. The molecule has 0 saturated heterocycles. The quantitative estimate of drug-likeness (QED) is 0.708. The van der Waals surface area contributed by atoms with Crippen LogP contribution in [0.25, 0.3) is 0 Å². The Kier molecular flexibility index (Phi) is 5.30. The number of nitrogens with one attached hydrogen (secondary N) is 1. The van der Waals surface area contributed by atoms with Crippen LogP contribution in [0.15, 0.2) is 54.6 Å². The van der Waals surface area contributed by atoms with Crippen molar-refractivity contribution in [3.63, 3.8) is 0 Å². The number of hydrogen-bond acceptors (Lipinski definition) is 3. The van der Waals surface area contributed by atoms with Gasteiger partial charge in [-0.25, -0.2) is 0 Å². The second-order valence-corrected chi connectivity index (χ2v) is 8.40. The van der Waals surface area contributed by atoms with Crippen LogP contribution in [0.2, 0.25) is 5.02 Å². The lowest BCUT2D eigenvalue weighted by molar-refractivity contribution is 0.0950. The number of anilines is 1. The SMILES string of the molecule is C=C1CCC[C@@H]2N(C)c3c(OC)cccc3[C@]12CCNC(=O)c1ccc(Cl)cc1. The zero-order valence-corrected chi connectivity index (χ0v) is 17.8. The van der Waals surface area contributed by atoms with E-state index in [1.54, 1.807) is 31.4 Å². The van der Waals surface area contributed by atoms with Crippen LogP contribution in [-0.2, 0) is 5.41 Å². The first-order valence-electron chi connectivity index (χ1n) is 10.1. The molecule has 152 valence electrons. The van der Waals surface area contributed by atoms with Gasteiger partial charge in [-0.15, -0.1) is 0 Å². The number of likely N-dealkylation sites (N-methyl/N-ethyl adjacent to an activating group) is 1. The molecular formula is C24H27ClN2O2. The second kappa shape index (κ2) is 7.75. The van der Waals surface area contributed by atoms with Crippen molar-refractivity contribution < 1.29 is 9.53 Å². The van der Waals surface area contributed by atoms with Gasteiger partial charge in [0.25, 0.3) is 5.91 Å². The monoisotopic (exact) mass is 410 g/mol. The van der Waals surface area contributed by atoms with E-state index in [4.69, 9.17) is 16.3 Å². The van der Waals surface area contributed by atoms with Gasteiger partial charge in [0.2, 0.25) is 0 Å². The van der Waals surface area contributed by atoms with E-state index in [1.807, 2.05) is 6.07 Å². The molecule has 2 aromatic rings. The van der Waals surface area contributed by atoms with Gasteiger partial charge in [-0.05, 0) is 61.6 Å². The fourth-order valence-corrected chi connectivity index (χ4v) is 5.36. The van der Waals surface area contributed by atoms with Gasteiger partial charge in [0.1, 0.15) is 5.75 Å². The molecule has 4 rings (SSSR count). The van der Waals surface area contributed by atoms with Crippen LogP contribution in [0.5, 0.6) is 5.75 Å². The van der Waals surface area contributed by atoms with Crippen LogP contribution in [0.3, 0.4) is 0 Å². The van der Waals surface area contributed by atoms with Gasteiger partial charge in [0, 0.05) is 35.6 Å². The van der Waals surface area contributed by atoms with Crippen LogP contribution in [-0.4, -0.2) is 32.7 Å². The minimum Gasteiger partial charge on any atom is -0.495 e. The number of methoxy groups -OCH3 is 1. The summed E-state index contributed by atoms with van der Waals surface area (Å²) in [7, 11) is 3.87. The molecule has 2 aliphatic rings. The molecule has 1 aliphatic heterocycles. The first-order chi connectivity index (χ1) is 14.0. The Morgan fingerprint density at radius 2 is 2.07 bits per heavy atom. The molecule has 1 heterocycles. The van der Waals surface area contributed by atoms with Crippen molar-refractivity contribution in [1.82, 2.24) is 5.32 Å². The molecule has 1 N–H and O–H groups in total. The summed E-state index contributed by atoms with van der Waals surface area (Å²) in [5, 5.41) is 3.72. The average Bonchev–Trinajstić information content (AvgIpc) is 2.99. The van der Waals surface area contributed by atoms with E-state index in [0.29, 0.717) is 23.2 Å². The molecule has 1 aliphatic carbocycles. The van der Waals surface area contributed by atoms with Crippen LogP contribution >= 0.6 is 11.6 Å². The minimum atomic E-state index is -0.163. The zero-order valence-electron chi connectivity index (χ0n) is 17.0. The number of rotatable bonds is 5. The van der Waals surface area contributed by atoms with Crippen molar-refractivity contribution in [2.45, 2.75) is 37.1 Å². The summed E-state index contributed by atoms with van der Waals surface area (Å²) >= 11 is 5.93. The summed E-state index contributed by atoms with van der Waals surface area (Å²) in [6.07, 6.45) is 4.09. The van der Waals surface area contributed by atoms with Crippen molar-refractivity contribution >= 4 is 23.2 Å². The summed E-state index contributed by atoms with van der Waals surface area (Å²) in [5.41, 5.74) is 4.15. The number of benzene rings is 2. The number of nitrogens with zero attached hydrogens (tertiary/aromatic N) is 1. The molecule has 0 aromatic heterocycles. The zero-order chi connectivity index (χ0) is 20.6. The average molecular weight is 411 g/mol. The van der Waals surface area contributed by atoms with Crippen LogP contribution < -0.4 is 15.0 Å². The smallest absolute Gasteiger partial charge is 0.251 e. The molecule has 2 aromatic carbocycles. The van der Waals surface area contributed by atoms with Crippen LogP contribution in [0.1, 0.15) is 41.6 Å². The number of ether oxygens (including phenoxy) is 1. The standard InChI is InChI=1S/C24H27ClN2O2/c1-16-6-4-9-21-24(16,19-7-5-8-20(29-3)22(19)27(21)2)14-15-26-23(28)17-10-12-18(25)13-11-17/h5,7-8,10-13,21H,1,4,6,9,14-15H2,2-3H3,(H,26,28)/t21-,24-/m0/s1. The number of carbonyl (C=O) groups is 1. The van der Waals surface area contributed by atoms with E-state index in [9.17, 15) is 4.79 Å². The maximum atomic E-state index is 12.6. The Labute approximate surface area is 177 Å². The molecular weight excluding hydrogens is 384 g/mol. The third-order valence-electron chi connectivity index (χ3n) is 6.59. The topological polar surface area (TPSA) is 41.6 Å². The fraction of sp³-hybridized carbons (Fsp3) is 0.375. The molecule has 0 unspecified atom stereocenters. The van der Waals surface area contributed by atoms with Gasteiger partial charge in [0.05, 0.1) is 12.8 Å². The summed E-state index contributed by atoms with van der Waals surface area (Å²) in [6, 6.07) is 13.6.